The number of hydrogen-bond acceptors (Lipinski definition) is 7. The van der Waals surface area contributed by atoms with Gasteiger partial charge in [0, 0.05) is 44.7 Å². The molecule has 2 N–H and O–H groups in total. The Bertz CT molecular complexity index is 1270. The molecule has 1 saturated heterocycles. The molecule has 37 heavy (non-hydrogen) atoms. The largest absolute Gasteiger partial charge is 0.392 e. The average Bonchev–Trinajstić information content (AvgIpc) is 3.26. The highest BCUT2D eigenvalue weighted by Crippen LogP contribution is 2.36. The quantitative estimate of drug-likeness (QED) is 0.144. The van der Waals surface area contributed by atoms with Crippen LogP contribution < -0.4 is 5.43 Å². The topological polar surface area (TPSA) is 72.5 Å². The number of nitrogens with one attached hydrogen (secondary N) is 2. The fraction of sp³-hybridized carbons (Fsp3) is 0.400. The summed E-state index contributed by atoms with van der Waals surface area (Å²) in [5, 5.41) is 17.5. The lowest BCUT2D eigenvalue weighted by molar-refractivity contribution is -0.176. The summed E-state index contributed by atoms with van der Waals surface area (Å²) in [5.74, 6) is -1.81. The van der Waals surface area contributed by atoms with Crippen molar-refractivity contribution in [1.29, 1.82) is 5.41 Å². The van der Waals surface area contributed by atoms with Crippen LogP contribution in [0.25, 0.3) is 16.6 Å². The van der Waals surface area contributed by atoms with E-state index in [-0.39, 0.29) is 18.4 Å². The summed E-state index contributed by atoms with van der Waals surface area (Å²) >= 11 is 1.31. The molecule has 7 nitrogen and oxygen atoms in total. The van der Waals surface area contributed by atoms with Gasteiger partial charge in [0.25, 0.3) is 0 Å². The molecule has 0 aliphatic carbocycles. The lowest BCUT2D eigenvalue weighted by Gasteiger charge is -2.42. The number of hydrogen-bond donors (Lipinski definition) is 2. The second kappa shape index (κ2) is 11.2. The van der Waals surface area contributed by atoms with Crippen LogP contribution in [0.2, 0.25) is 0 Å². The fourth-order valence-electron chi connectivity index (χ4n) is 4.51. The number of aromatic nitrogens is 2. The Kier molecular flexibility index (Phi) is 8.20. The molecular weight excluding hydrogens is 506 g/mol. The Labute approximate surface area is 217 Å². The minimum absolute atomic E-state index is 0.110. The van der Waals surface area contributed by atoms with Crippen LogP contribution in [0.15, 0.2) is 47.7 Å². The first-order chi connectivity index (χ1) is 17.6. The van der Waals surface area contributed by atoms with Gasteiger partial charge in [0.05, 0.1) is 29.5 Å². The summed E-state index contributed by atoms with van der Waals surface area (Å²) in [6.45, 7) is 4.49. The van der Waals surface area contributed by atoms with Crippen LogP contribution in [0, 0.1) is 24.1 Å². The smallest absolute Gasteiger partial charge is 0.312 e. The third-order valence-corrected chi connectivity index (χ3v) is 7.46. The SMILES string of the molecule is CN/N=C(\C=N)SN1CCN(CC(C)C(F)(F)F)C(c2cc3cnn(-c4ccc(F)cc4)c3cc2C)C1. The maximum absolute atomic E-state index is 13.5. The summed E-state index contributed by atoms with van der Waals surface area (Å²) < 4.78 is 57.6. The molecule has 0 bridgehead atoms. The minimum Gasteiger partial charge on any atom is -0.312 e. The van der Waals surface area contributed by atoms with Crippen molar-refractivity contribution < 1.29 is 17.6 Å². The van der Waals surface area contributed by atoms with Crippen molar-refractivity contribution >= 4 is 34.1 Å². The molecule has 0 spiro atoms. The first-order valence-electron chi connectivity index (χ1n) is 11.8. The van der Waals surface area contributed by atoms with Gasteiger partial charge in [0.2, 0.25) is 0 Å². The molecular formula is C25H29F4N7S. The first kappa shape index (κ1) is 27.1. The van der Waals surface area contributed by atoms with Crippen LogP contribution >= 0.6 is 11.9 Å². The van der Waals surface area contributed by atoms with Crippen molar-refractivity contribution in [3.63, 3.8) is 0 Å². The lowest BCUT2D eigenvalue weighted by atomic mass is 9.95. The molecule has 3 aromatic rings. The number of alkyl halides is 3. The normalized spacial score (nSPS) is 18.8. The molecule has 1 aliphatic heterocycles. The number of hydrazone groups is 1. The fourth-order valence-corrected chi connectivity index (χ4v) is 5.35. The van der Waals surface area contributed by atoms with E-state index in [1.165, 1.54) is 31.0 Å². The van der Waals surface area contributed by atoms with Gasteiger partial charge in [-0.1, -0.05) is 6.92 Å². The summed E-state index contributed by atoms with van der Waals surface area (Å²) in [7, 11) is 1.65. The molecule has 2 atom stereocenters. The molecule has 0 saturated carbocycles. The van der Waals surface area contributed by atoms with E-state index in [2.05, 4.69) is 15.6 Å². The highest BCUT2D eigenvalue weighted by atomic mass is 32.2. The van der Waals surface area contributed by atoms with Crippen LogP contribution in [0.1, 0.15) is 24.1 Å². The van der Waals surface area contributed by atoms with Crippen LogP contribution in [-0.2, 0) is 0 Å². The zero-order valence-corrected chi connectivity index (χ0v) is 21.6. The zero-order valence-electron chi connectivity index (χ0n) is 20.8. The van der Waals surface area contributed by atoms with Crippen LogP contribution in [0.5, 0.6) is 0 Å². The molecule has 1 aliphatic rings. The van der Waals surface area contributed by atoms with E-state index in [9.17, 15) is 17.6 Å². The van der Waals surface area contributed by atoms with E-state index in [0.717, 1.165) is 28.2 Å². The molecule has 2 unspecified atom stereocenters. The van der Waals surface area contributed by atoms with Gasteiger partial charge in [-0.05, 0) is 66.4 Å². The predicted octanol–water partition coefficient (Wildman–Crippen LogP) is 5.16. The van der Waals surface area contributed by atoms with Crippen molar-refractivity contribution in [2.24, 2.45) is 11.0 Å². The molecule has 2 aromatic carbocycles. The molecule has 0 radical (unpaired) electrons. The number of aryl methyl sites for hydroxylation is 1. The van der Waals surface area contributed by atoms with Gasteiger partial charge in [-0.2, -0.15) is 23.4 Å². The number of rotatable bonds is 7. The van der Waals surface area contributed by atoms with Crippen LogP contribution in [0.3, 0.4) is 0 Å². The van der Waals surface area contributed by atoms with Crippen molar-refractivity contribution in [2.45, 2.75) is 26.1 Å². The maximum atomic E-state index is 13.5. The summed E-state index contributed by atoms with van der Waals surface area (Å²) in [6, 6.07) is 9.71. The molecule has 2 heterocycles. The lowest BCUT2D eigenvalue weighted by Crippen LogP contribution is -2.49. The Morgan fingerprint density at radius 1 is 1.27 bits per heavy atom. The van der Waals surface area contributed by atoms with Crippen molar-refractivity contribution in [1.82, 2.24) is 24.4 Å². The molecule has 12 heteroatoms. The summed E-state index contributed by atoms with van der Waals surface area (Å²) in [6.07, 6.45) is -1.42. The maximum Gasteiger partial charge on any atom is 0.392 e. The van der Waals surface area contributed by atoms with E-state index in [1.54, 1.807) is 30.1 Å². The highest BCUT2D eigenvalue weighted by molar-refractivity contribution is 8.13. The Morgan fingerprint density at radius 3 is 2.65 bits per heavy atom. The summed E-state index contributed by atoms with van der Waals surface area (Å²) in [4.78, 5) is 1.90. The van der Waals surface area contributed by atoms with Gasteiger partial charge in [-0.15, -0.1) is 0 Å². The Hall–Kier alpha value is -2.96. The molecule has 198 valence electrons. The number of nitrogens with zero attached hydrogens (tertiary/aromatic N) is 5. The Balaban J connectivity index is 1.69. The molecule has 4 rings (SSSR count). The van der Waals surface area contributed by atoms with Crippen LogP contribution in [0.4, 0.5) is 17.6 Å². The van der Waals surface area contributed by atoms with Crippen molar-refractivity contribution in [3.8, 4) is 5.69 Å². The molecule has 1 fully saturated rings. The van der Waals surface area contributed by atoms with E-state index < -0.39 is 12.1 Å². The van der Waals surface area contributed by atoms with Crippen LogP contribution in [-0.4, -0.2) is 69.6 Å². The van der Waals surface area contributed by atoms with Gasteiger partial charge < -0.3 is 10.8 Å². The standard InChI is InChI=1S/C25H29F4N7S/c1-16-10-22-18(13-32-36(22)20-6-4-19(26)5-7-20)11-21(16)23-15-35(37-24(12-30)33-31-3)9-8-34(23)14-17(2)25(27,28)29/h4-7,10-13,17,23,30-31H,8-9,14-15H2,1-3H3/b30-12?,33-24+. The third kappa shape index (κ3) is 6.13. The van der Waals surface area contributed by atoms with Gasteiger partial charge in [-0.25, -0.2) is 13.4 Å². The zero-order chi connectivity index (χ0) is 26.7. The van der Waals surface area contributed by atoms with Gasteiger partial charge in [0.15, 0.2) is 0 Å². The molecule has 1 aromatic heterocycles. The second-order valence-corrected chi connectivity index (χ2v) is 10.2. The van der Waals surface area contributed by atoms with Gasteiger partial charge >= 0.3 is 6.18 Å². The van der Waals surface area contributed by atoms with Crippen molar-refractivity contribution in [3.05, 3.63) is 59.5 Å². The van der Waals surface area contributed by atoms with Gasteiger partial charge in [0.1, 0.15) is 10.9 Å². The van der Waals surface area contributed by atoms with E-state index in [1.807, 2.05) is 28.3 Å². The number of benzene rings is 2. The van der Waals surface area contributed by atoms with E-state index >= 15 is 0 Å². The third-order valence-electron chi connectivity index (χ3n) is 6.48. The molecule has 0 amide bonds. The predicted molar refractivity (Wildman–Crippen MR) is 140 cm³/mol. The Morgan fingerprint density at radius 2 is 2.00 bits per heavy atom. The number of piperazine rings is 1. The monoisotopic (exact) mass is 535 g/mol. The number of halogens is 4. The van der Waals surface area contributed by atoms with Gasteiger partial charge in [-0.3, -0.25) is 4.90 Å². The van der Waals surface area contributed by atoms with Crippen molar-refractivity contribution in [2.75, 3.05) is 33.2 Å². The highest BCUT2D eigenvalue weighted by Gasteiger charge is 2.40. The second-order valence-electron chi connectivity index (χ2n) is 9.05. The van der Waals surface area contributed by atoms with E-state index in [4.69, 9.17) is 5.41 Å². The first-order valence-corrected chi connectivity index (χ1v) is 12.6. The average molecular weight is 536 g/mol. The minimum atomic E-state index is -4.28. The summed E-state index contributed by atoms with van der Waals surface area (Å²) in [5.41, 5.74) is 6.07. The number of fused-ring (bicyclic) bond motifs is 1. The van der Waals surface area contributed by atoms with E-state index in [0.29, 0.717) is 30.4 Å².